The molecule has 1 aliphatic heterocycles. The van der Waals surface area contributed by atoms with E-state index >= 15 is 0 Å². The molecule has 2 rings (SSSR count). The molecule has 0 bridgehead atoms. The molecule has 1 heterocycles. The molecule has 2 atom stereocenters. The van der Waals surface area contributed by atoms with Crippen molar-refractivity contribution >= 4 is 17.6 Å². The molecule has 132 valence electrons. The second-order valence-corrected chi connectivity index (χ2v) is 6.06. The first kappa shape index (κ1) is 18.5. The van der Waals surface area contributed by atoms with Gasteiger partial charge in [0.25, 0.3) is 0 Å². The van der Waals surface area contributed by atoms with E-state index in [0.29, 0.717) is 18.7 Å². The van der Waals surface area contributed by atoms with Crippen molar-refractivity contribution in [3.8, 4) is 0 Å². The van der Waals surface area contributed by atoms with Crippen LogP contribution in [0.5, 0.6) is 0 Å². The fourth-order valence-electron chi connectivity index (χ4n) is 2.87. The lowest BCUT2D eigenvalue weighted by Crippen LogP contribution is -2.59. The normalized spacial score (nSPS) is 18.8. The molecule has 25 heavy (non-hydrogen) atoms. The van der Waals surface area contributed by atoms with Gasteiger partial charge in [-0.3, -0.25) is 4.79 Å². The Morgan fingerprint density at radius 3 is 2.56 bits per heavy atom. The van der Waals surface area contributed by atoms with Crippen molar-refractivity contribution in [1.29, 1.82) is 0 Å². The number of hydrogen-bond donors (Lipinski definition) is 1. The number of para-hydroxylation sites is 1. The first-order chi connectivity index (χ1) is 12.0. The Morgan fingerprint density at radius 2 is 1.96 bits per heavy atom. The number of carbonyl (C=O) groups is 2. The van der Waals surface area contributed by atoms with Crippen molar-refractivity contribution in [3.63, 3.8) is 0 Å². The zero-order valence-corrected chi connectivity index (χ0v) is 14.5. The Bertz CT molecular complexity index is 681. The number of allylic oxidation sites excluding steroid dienone is 3. The van der Waals surface area contributed by atoms with E-state index in [4.69, 9.17) is 0 Å². The monoisotopic (exact) mass is 340 g/mol. The summed E-state index contributed by atoms with van der Waals surface area (Å²) < 4.78 is 0. The Balaban J connectivity index is 2.14. The molecule has 1 N–H and O–H groups in total. The molecule has 1 fully saturated rings. The van der Waals surface area contributed by atoms with Crippen LogP contribution in [-0.2, 0) is 9.59 Å². The molecule has 5 nitrogen and oxygen atoms in total. The van der Waals surface area contributed by atoms with Crippen LogP contribution in [0.3, 0.4) is 0 Å². The highest BCUT2D eigenvalue weighted by Gasteiger charge is 2.37. The number of carboxylic acids is 1. The van der Waals surface area contributed by atoms with Crippen LogP contribution in [0.2, 0.25) is 0 Å². The van der Waals surface area contributed by atoms with Gasteiger partial charge < -0.3 is 14.9 Å². The number of amides is 1. The van der Waals surface area contributed by atoms with Gasteiger partial charge in [0, 0.05) is 25.3 Å². The van der Waals surface area contributed by atoms with Gasteiger partial charge in [0.1, 0.15) is 6.04 Å². The minimum atomic E-state index is -0.992. The highest BCUT2D eigenvalue weighted by molar-refractivity contribution is 5.87. The highest BCUT2D eigenvalue weighted by atomic mass is 16.4. The van der Waals surface area contributed by atoms with Crippen molar-refractivity contribution in [2.45, 2.75) is 13.0 Å². The molecule has 0 aromatic heterocycles. The fourth-order valence-corrected chi connectivity index (χ4v) is 2.87. The lowest BCUT2D eigenvalue weighted by molar-refractivity contribution is -0.151. The number of carbonyl (C=O) groups excluding carboxylic acids is 1. The molecule has 0 saturated carbocycles. The largest absolute Gasteiger partial charge is 0.480 e. The van der Waals surface area contributed by atoms with Gasteiger partial charge in [-0.2, -0.15) is 0 Å². The maximum Gasteiger partial charge on any atom is 0.328 e. The van der Waals surface area contributed by atoms with Crippen LogP contribution in [-0.4, -0.2) is 47.6 Å². The van der Waals surface area contributed by atoms with Crippen molar-refractivity contribution in [2.24, 2.45) is 5.92 Å². The van der Waals surface area contributed by atoms with Crippen LogP contribution in [0, 0.1) is 5.92 Å². The number of nitrogens with zero attached hydrogens (tertiary/aromatic N) is 2. The van der Waals surface area contributed by atoms with Crippen LogP contribution in [0.15, 0.2) is 67.3 Å². The fraction of sp³-hybridized carbons (Fsp3) is 0.300. The van der Waals surface area contributed by atoms with Crippen molar-refractivity contribution < 1.29 is 14.7 Å². The van der Waals surface area contributed by atoms with Gasteiger partial charge in [-0.25, -0.2) is 4.79 Å². The van der Waals surface area contributed by atoms with Crippen LogP contribution in [0.4, 0.5) is 5.69 Å². The number of piperazine rings is 1. The first-order valence-corrected chi connectivity index (χ1v) is 8.27. The van der Waals surface area contributed by atoms with E-state index in [-0.39, 0.29) is 12.5 Å². The SMILES string of the molecule is C=CC=CC(=C)C(C)C(=O)N1CCN(c2ccccc2)CC1C(=O)O. The van der Waals surface area contributed by atoms with Crippen molar-refractivity contribution in [3.05, 3.63) is 67.3 Å². The summed E-state index contributed by atoms with van der Waals surface area (Å²) in [6.45, 7) is 10.5. The summed E-state index contributed by atoms with van der Waals surface area (Å²) in [5.41, 5.74) is 1.60. The maximum absolute atomic E-state index is 12.8. The van der Waals surface area contributed by atoms with Crippen molar-refractivity contribution in [2.75, 3.05) is 24.5 Å². The van der Waals surface area contributed by atoms with Crippen molar-refractivity contribution in [1.82, 2.24) is 4.90 Å². The van der Waals surface area contributed by atoms with Gasteiger partial charge in [-0.1, -0.05) is 49.6 Å². The average molecular weight is 340 g/mol. The lowest BCUT2D eigenvalue weighted by atomic mass is 9.98. The standard InChI is InChI=1S/C20H24N2O3/c1-4-5-9-15(2)16(3)19(23)22-13-12-21(14-18(22)20(24)25)17-10-7-6-8-11-17/h4-11,16,18H,1-2,12-14H2,3H3,(H,24,25). The molecule has 1 saturated heterocycles. The predicted molar refractivity (Wildman–Crippen MR) is 99.4 cm³/mol. The highest BCUT2D eigenvalue weighted by Crippen LogP contribution is 2.22. The molecular formula is C20H24N2O3. The van der Waals surface area contributed by atoms with Gasteiger partial charge in [0.2, 0.25) is 5.91 Å². The summed E-state index contributed by atoms with van der Waals surface area (Å²) in [7, 11) is 0. The number of carboxylic acid groups (broad SMARTS) is 1. The summed E-state index contributed by atoms with van der Waals surface area (Å²) >= 11 is 0. The van der Waals surface area contributed by atoms with E-state index in [1.807, 2.05) is 35.2 Å². The number of hydrogen-bond acceptors (Lipinski definition) is 3. The quantitative estimate of drug-likeness (QED) is 0.809. The Hall–Kier alpha value is -2.82. The topological polar surface area (TPSA) is 60.9 Å². The summed E-state index contributed by atoms with van der Waals surface area (Å²) in [5.74, 6) is -1.67. The van der Waals surface area contributed by atoms with Gasteiger partial charge in [-0.15, -0.1) is 0 Å². The van der Waals surface area contributed by atoms with E-state index in [9.17, 15) is 14.7 Å². The van der Waals surface area contributed by atoms with E-state index in [0.717, 1.165) is 5.69 Å². The first-order valence-electron chi connectivity index (χ1n) is 8.27. The summed E-state index contributed by atoms with van der Waals surface area (Å²) in [6, 6.07) is 8.77. The second-order valence-electron chi connectivity index (χ2n) is 6.06. The number of rotatable bonds is 6. The van der Waals surface area contributed by atoms with E-state index in [1.165, 1.54) is 4.90 Å². The zero-order chi connectivity index (χ0) is 18.4. The average Bonchev–Trinajstić information content (AvgIpc) is 2.65. The predicted octanol–water partition coefficient (Wildman–Crippen LogP) is 2.72. The second kappa shape index (κ2) is 8.33. The van der Waals surface area contributed by atoms with Gasteiger partial charge in [-0.05, 0) is 24.6 Å². The number of aliphatic carboxylic acids is 1. The molecule has 1 aliphatic rings. The van der Waals surface area contributed by atoms with Crippen LogP contribution in [0.25, 0.3) is 0 Å². The number of anilines is 1. The van der Waals surface area contributed by atoms with Crippen LogP contribution < -0.4 is 4.90 Å². The lowest BCUT2D eigenvalue weighted by Gasteiger charge is -2.41. The van der Waals surface area contributed by atoms with E-state index in [2.05, 4.69) is 13.2 Å². The zero-order valence-electron chi connectivity index (χ0n) is 14.5. The molecule has 1 aromatic carbocycles. The third-order valence-electron chi connectivity index (χ3n) is 4.44. The maximum atomic E-state index is 12.8. The Morgan fingerprint density at radius 1 is 1.28 bits per heavy atom. The van der Waals surface area contributed by atoms with Gasteiger partial charge in [0.05, 0.1) is 5.92 Å². The molecule has 0 aliphatic carbocycles. The molecule has 5 heteroatoms. The van der Waals surface area contributed by atoms with Gasteiger partial charge in [0.15, 0.2) is 0 Å². The smallest absolute Gasteiger partial charge is 0.328 e. The Kier molecular flexibility index (Phi) is 6.17. The Labute approximate surface area is 148 Å². The molecule has 2 unspecified atom stereocenters. The van der Waals surface area contributed by atoms with Crippen LogP contribution in [0.1, 0.15) is 6.92 Å². The summed E-state index contributed by atoms with van der Waals surface area (Å²) in [6.07, 6.45) is 5.06. The van der Waals surface area contributed by atoms with E-state index < -0.39 is 17.9 Å². The summed E-state index contributed by atoms with van der Waals surface area (Å²) in [5, 5.41) is 9.61. The van der Waals surface area contributed by atoms with Crippen LogP contribution >= 0.6 is 0 Å². The third-order valence-corrected chi connectivity index (χ3v) is 4.44. The molecule has 0 radical (unpaired) electrons. The summed E-state index contributed by atoms with van der Waals surface area (Å²) in [4.78, 5) is 28.0. The molecule has 0 spiro atoms. The van der Waals surface area contributed by atoms with Gasteiger partial charge >= 0.3 is 5.97 Å². The number of benzene rings is 1. The third kappa shape index (κ3) is 4.38. The minimum absolute atomic E-state index is 0.209. The molecule has 1 amide bonds. The minimum Gasteiger partial charge on any atom is -0.480 e. The molecular weight excluding hydrogens is 316 g/mol. The van der Waals surface area contributed by atoms with E-state index in [1.54, 1.807) is 25.2 Å². The molecule has 1 aromatic rings.